The van der Waals surface area contributed by atoms with Gasteiger partial charge in [-0.15, -0.1) is 0 Å². The monoisotopic (exact) mass is 842 g/mol. The third-order valence-electron chi connectivity index (χ3n) is 8.32. The Hall–Kier alpha value is -4.62. The zero-order valence-electron chi connectivity index (χ0n) is 27.6. The molecule has 3 aliphatic heterocycles. The zero-order valence-corrected chi connectivity index (χ0v) is 32.9. The first kappa shape index (κ1) is 40.1. The van der Waals surface area contributed by atoms with Crippen molar-refractivity contribution in [3.8, 4) is 17.1 Å². The molecular formula is C36H20CaCl2N4O10S2. The van der Waals surface area contributed by atoms with Crippen LogP contribution in [0.25, 0.3) is 11.3 Å². The molecule has 8 rings (SSSR count). The molecule has 14 nitrogen and oxygen atoms in total. The summed E-state index contributed by atoms with van der Waals surface area (Å²) >= 11 is 11.8. The number of aromatic nitrogens is 1. The molecule has 0 aliphatic carbocycles. The van der Waals surface area contributed by atoms with Gasteiger partial charge >= 0.3 is 37.7 Å². The SMILES string of the molecule is O=C1N=C(c2ccc(S(=O)(=O)O)cc2)c2c(O)[nH]c(-c3ccc(Cl)cc3)c21.O=S(=O)(O)c1ccc(C2=NC([O-])=C3C(c4ccc(Cl)cc4)=NC([O-])=C23)cc1.[Ca+2]. The van der Waals surface area contributed by atoms with E-state index >= 15 is 0 Å². The van der Waals surface area contributed by atoms with Crippen LogP contribution >= 0.6 is 23.2 Å². The molecule has 5 aromatic rings. The summed E-state index contributed by atoms with van der Waals surface area (Å²) in [6.45, 7) is 0. The number of halogens is 2. The molecule has 19 heteroatoms. The maximum atomic E-state index is 12.5. The third kappa shape index (κ3) is 7.78. The second-order valence-electron chi connectivity index (χ2n) is 11.7. The van der Waals surface area contributed by atoms with Crippen LogP contribution in [-0.4, -0.2) is 96.8 Å². The quantitative estimate of drug-likeness (QED) is 0.142. The first-order valence-corrected chi connectivity index (χ1v) is 18.9. The number of benzene rings is 4. The molecule has 55 heavy (non-hydrogen) atoms. The summed E-state index contributed by atoms with van der Waals surface area (Å²) in [6, 6.07) is 23.5. The first-order chi connectivity index (χ1) is 25.5. The van der Waals surface area contributed by atoms with Crippen molar-refractivity contribution in [1.29, 1.82) is 0 Å². The van der Waals surface area contributed by atoms with E-state index in [4.69, 9.17) is 32.3 Å². The Labute approximate surface area is 352 Å². The number of carbonyl (C=O) groups excluding carboxylic acids is 1. The van der Waals surface area contributed by atoms with Gasteiger partial charge < -0.3 is 20.3 Å². The number of aromatic amines is 1. The Balaban J connectivity index is 0.000000184. The predicted molar refractivity (Wildman–Crippen MR) is 200 cm³/mol. The summed E-state index contributed by atoms with van der Waals surface area (Å²) in [4.78, 5) is 26.6. The largest absolute Gasteiger partial charge is 2.00 e. The summed E-state index contributed by atoms with van der Waals surface area (Å²) in [6.07, 6.45) is 0. The Morgan fingerprint density at radius 3 is 1.31 bits per heavy atom. The van der Waals surface area contributed by atoms with Gasteiger partial charge in [0.1, 0.15) is 0 Å². The van der Waals surface area contributed by atoms with Crippen LogP contribution in [0.3, 0.4) is 0 Å². The summed E-state index contributed by atoms with van der Waals surface area (Å²) in [7, 11) is -8.68. The molecule has 0 saturated heterocycles. The number of fused-ring (bicyclic) bond motifs is 2. The molecule has 272 valence electrons. The number of nitrogens with one attached hydrogen (secondary N) is 1. The smallest absolute Gasteiger partial charge is 0.858 e. The van der Waals surface area contributed by atoms with Gasteiger partial charge in [0.25, 0.3) is 26.1 Å². The molecule has 4 heterocycles. The summed E-state index contributed by atoms with van der Waals surface area (Å²) in [5, 5.41) is 36.2. The maximum absolute atomic E-state index is 12.5. The second-order valence-corrected chi connectivity index (χ2v) is 15.4. The molecule has 0 spiro atoms. The average molecular weight is 844 g/mol. The number of carbonyl (C=O) groups is 1. The van der Waals surface area contributed by atoms with Crippen LogP contribution in [0.5, 0.6) is 5.88 Å². The Morgan fingerprint density at radius 1 is 0.545 bits per heavy atom. The van der Waals surface area contributed by atoms with Crippen LogP contribution in [0, 0.1) is 0 Å². The molecule has 0 bridgehead atoms. The fraction of sp³-hybridized carbons (Fsp3) is 0. The molecule has 0 atom stereocenters. The molecule has 1 amide bonds. The van der Waals surface area contributed by atoms with Gasteiger partial charge in [0, 0.05) is 37.9 Å². The predicted octanol–water partition coefficient (Wildman–Crippen LogP) is 3.93. The molecule has 0 saturated carbocycles. The summed E-state index contributed by atoms with van der Waals surface area (Å²) in [5.41, 5.74) is 3.62. The second kappa shape index (κ2) is 15.1. The molecule has 0 radical (unpaired) electrons. The van der Waals surface area contributed by atoms with Gasteiger partial charge in [-0.3, -0.25) is 23.9 Å². The summed E-state index contributed by atoms with van der Waals surface area (Å²) < 4.78 is 62.8. The van der Waals surface area contributed by atoms with Crippen molar-refractivity contribution in [2.24, 2.45) is 15.0 Å². The molecule has 0 unspecified atom stereocenters. The molecule has 4 aromatic carbocycles. The van der Waals surface area contributed by atoms with Crippen LogP contribution in [0.2, 0.25) is 10.0 Å². The third-order valence-corrected chi connectivity index (χ3v) is 10.6. The molecule has 0 fully saturated rings. The van der Waals surface area contributed by atoms with Gasteiger partial charge in [-0.1, -0.05) is 71.7 Å². The minimum Gasteiger partial charge on any atom is -0.858 e. The normalized spacial score (nSPS) is 14.8. The number of nitrogens with zero attached hydrogens (tertiary/aromatic N) is 3. The van der Waals surface area contributed by atoms with Crippen molar-refractivity contribution in [3.05, 3.63) is 158 Å². The van der Waals surface area contributed by atoms with Gasteiger partial charge in [0.15, 0.2) is 5.88 Å². The summed E-state index contributed by atoms with van der Waals surface area (Å²) in [5.74, 6) is -1.95. The minimum atomic E-state index is -4.35. The zero-order chi connectivity index (χ0) is 38.7. The van der Waals surface area contributed by atoms with E-state index in [-0.39, 0.29) is 92.8 Å². The van der Waals surface area contributed by atoms with Crippen LogP contribution in [0.1, 0.15) is 32.6 Å². The van der Waals surface area contributed by atoms with Crippen LogP contribution in [0.4, 0.5) is 0 Å². The van der Waals surface area contributed by atoms with Crippen molar-refractivity contribution in [1.82, 2.24) is 4.98 Å². The van der Waals surface area contributed by atoms with E-state index in [0.717, 1.165) is 12.1 Å². The Bertz CT molecular complexity index is 2800. The topological polar surface area (TPSA) is 245 Å². The molecule has 4 N–H and O–H groups in total. The Morgan fingerprint density at radius 2 is 0.909 bits per heavy atom. The van der Waals surface area contributed by atoms with E-state index in [2.05, 4.69) is 20.0 Å². The van der Waals surface area contributed by atoms with E-state index in [1.807, 2.05) is 0 Å². The van der Waals surface area contributed by atoms with Crippen molar-refractivity contribution < 1.29 is 46.1 Å². The number of hydrogen-bond acceptors (Lipinski definition) is 10. The number of allylic oxidation sites excluding steroid dienone is 2. The fourth-order valence-electron chi connectivity index (χ4n) is 5.86. The number of aromatic hydroxyl groups is 1. The van der Waals surface area contributed by atoms with Gasteiger partial charge in [-0.25, -0.2) is 4.99 Å². The van der Waals surface area contributed by atoms with E-state index in [9.17, 15) is 36.9 Å². The first-order valence-electron chi connectivity index (χ1n) is 15.3. The van der Waals surface area contributed by atoms with Crippen LogP contribution in [0.15, 0.2) is 145 Å². The number of amides is 1. The number of aliphatic imine (C=N–C) groups is 3. The standard InChI is InChI=1S/2C18H11ClN2O5S.Ca/c2*19-11-5-1-9(2-6-11)15-13-14(18(23)20-15)16(21-17(13)22)10-3-7-12(8-4-10)27(24,25)26;/h1-8H,(H,20,23)(H,21,22)(H,24,25,26);1-8,20,23H,(H,24,25,26);/q;;+2/p-2. The van der Waals surface area contributed by atoms with E-state index < -0.39 is 37.9 Å². The molecule has 3 aliphatic rings. The Kier molecular flexibility index (Phi) is 11.0. The van der Waals surface area contributed by atoms with Crippen molar-refractivity contribution >= 4 is 104 Å². The van der Waals surface area contributed by atoms with E-state index in [1.165, 1.54) is 36.4 Å². The average Bonchev–Trinajstić information content (AvgIpc) is 3.87. The van der Waals surface area contributed by atoms with Gasteiger partial charge in [0.2, 0.25) is 0 Å². The van der Waals surface area contributed by atoms with Crippen molar-refractivity contribution in [2.75, 3.05) is 0 Å². The number of H-pyrrole nitrogens is 1. The molecule has 1 aromatic heterocycles. The molecular weight excluding hydrogens is 824 g/mol. The van der Waals surface area contributed by atoms with Crippen LogP contribution in [-0.2, 0) is 20.2 Å². The van der Waals surface area contributed by atoms with Crippen molar-refractivity contribution in [3.63, 3.8) is 0 Å². The van der Waals surface area contributed by atoms with Gasteiger partial charge in [-0.05, 0) is 65.9 Å². The van der Waals surface area contributed by atoms with Crippen molar-refractivity contribution in [2.45, 2.75) is 9.79 Å². The maximum Gasteiger partial charge on any atom is 2.00 e. The van der Waals surface area contributed by atoms with E-state index in [1.54, 1.807) is 48.5 Å². The fourth-order valence-corrected chi connectivity index (χ4v) is 7.07. The minimum absolute atomic E-state index is 0. The van der Waals surface area contributed by atoms with Crippen LogP contribution < -0.4 is 10.2 Å². The van der Waals surface area contributed by atoms with E-state index in [0.29, 0.717) is 38.0 Å². The van der Waals surface area contributed by atoms with Gasteiger partial charge in [0.05, 0.1) is 43.7 Å². The van der Waals surface area contributed by atoms with Gasteiger partial charge in [-0.2, -0.15) is 16.8 Å². The number of rotatable bonds is 6. The number of hydrogen-bond donors (Lipinski definition) is 4.